The third-order valence-electron chi connectivity index (χ3n) is 2.30. The Labute approximate surface area is 125 Å². The highest BCUT2D eigenvalue weighted by Gasteiger charge is 2.21. The van der Waals surface area contributed by atoms with Crippen molar-refractivity contribution in [1.82, 2.24) is 9.97 Å². The first-order chi connectivity index (χ1) is 9.38. The van der Waals surface area contributed by atoms with Crippen LogP contribution in [0.3, 0.4) is 0 Å². The number of nitrogens with zero attached hydrogens (tertiary/aromatic N) is 3. The molecule has 0 N–H and O–H groups in total. The smallest absolute Gasteiger partial charge is 0.313 e. The number of aromatic nitrogens is 2. The van der Waals surface area contributed by atoms with Crippen molar-refractivity contribution in [3.8, 4) is 11.6 Å². The predicted molar refractivity (Wildman–Crippen MR) is 72.6 cm³/mol. The Bertz CT molecular complexity index is 699. The molecule has 0 aliphatic rings. The average Bonchev–Trinajstić information content (AvgIpc) is 2.36. The fraction of sp³-hybridized carbons (Fsp3) is 0.0909. The van der Waals surface area contributed by atoms with Crippen LogP contribution in [-0.2, 0) is 0 Å². The molecule has 1 aromatic heterocycles. The van der Waals surface area contributed by atoms with Gasteiger partial charge in [0.25, 0.3) is 5.88 Å². The lowest BCUT2D eigenvalue weighted by atomic mass is 10.2. The first-order valence-corrected chi connectivity index (χ1v) is 6.36. The highest BCUT2D eigenvalue weighted by atomic mass is 79.9. The van der Waals surface area contributed by atoms with Crippen LogP contribution in [0.25, 0.3) is 0 Å². The van der Waals surface area contributed by atoms with E-state index in [9.17, 15) is 14.5 Å². The van der Waals surface area contributed by atoms with Crippen LogP contribution in [0.15, 0.2) is 22.8 Å². The maximum atomic E-state index is 13.5. The van der Waals surface area contributed by atoms with Crippen LogP contribution >= 0.6 is 27.5 Å². The number of hydrogen-bond donors (Lipinski definition) is 0. The molecular formula is C11H6BrClFN3O3. The fourth-order valence-corrected chi connectivity index (χ4v) is 2.17. The Morgan fingerprint density at radius 1 is 1.50 bits per heavy atom. The summed E-state index contributed by atoms with van der Waals surface area (Å²) in [5, 5.41) is 10.8. The van der Waals surface area contributed by atoms with Crippen molar-refractivity contribution in [3.63, 3.8) is 0 Å². The molecule has 0 saturated heterocycles. The van der Waals surface area contributed by atoms with E-state index in [-0.39, 0.29) is 16.7 Å². The van der Waals surface area contributed by atoms with Crippen LogP contribution in [-0.4, -0.2) is 14.9 Å². The molecule has 20 heavy (non-hydrogen) atoms. The van der Waals surface area contributed by atoms with E-state index in [4.69, 9.17) is 16.3 Å². The summed E-state index contributed by atoms with van der Waals surface area (Å²) in [6.45, 7) is 1.59. The third kappa shape index (κ3) is 3.02. The Morgan fingerprint density at radius 2 is 2.20 bits per heavy atom. The number of ether oxygens (including phenoxy) is 1. The summed E-state index contributed by atoms with van der Waals surface area (Å²) in [6.07, 6.45) is 0.824. The van der Waals surface area contributed by atoms with E-state index >= 15 is 0 Å². The van der Waals surface area contributed by atoms with Gasteiger partial charge in [0, 0.05) is 16.1 Å². The van der Waals surface area contributed by atoms with Gasteiger partial charge in [-0.15, -0.1) is 0 Å². The van der Waals surface area contributed by atoms with Crippen molar-refractivity contribution >= 4 is 33.2 Å². The molecule has 0 bridgehead atoms. The zero-order valence-corrected chi connectivity index (χ0v) is 12.3. The van der Waals surface area contributed by atoms with Gasteiger partial charge in [-0.2, -0.15) is 9.37 Å². The molecule has 2 aromatic rings. The van der Waals surface area contributed by atoms with Gasteiger partial charge in [-0.25, -0.2) is 4.98 Å². The first-order valence-electron chi connectivity index (χ1n) is 5.19. The Kier molecular flexibility index (Phi) is 4.15. The molecule has 1 aromatic carbocycles. The van der Waals surface area contributed by atoms with Gasteiger partial charge in [0.15, 0.2) is 0 Å². The Hall–Kier alpha value is -1.80. The van der Waals surface area contributed by atoms with Gasteiger partial charge < -0.3 is 4.74 Å². The molecule has 0 radical (unpaired) electrons. The number of hydrogen-bond acceptors (Lipinski definition) is 5. The molecule has 0 saturated carbocycles. The number of benzene rings is 1. The van der Waals surface area contributed by atoms with Crippen LogP contribution in [0.1, 0.15) is 5.56 Å². The van der Waals surface area contributed by atoms with E-state index in [0.29, 0.717) is 10.0 Å². The second kappa shape index (κ2) is 5.68. The zero-order valence-electron chi connectivity index (χ0n) is 9.93. The molecule has 2 rings (SSSR count). The lowest BCUT2D eigenvalue weighted by Gasteiger charge is -2.09. The van der Waals surface area contributed by atoms with Crippen molar-refractivity contribution < 1.29 is 14.1 Å². The molecule has 0 aliphatic heterocycles. The first kappa shape index (κ1) is 14.6. The van der Waals surface area contributed by atoms with E-state index in [1.54, 1.807) is 13.0 Å². The van der Waals surface area contributed by atoms with E-state index < -0.39 is 16.6 Å². The quantitative estimate of drug-likeness (QED) is 0.468. The number of aryl methyl sites for hydroxylation is 1. The highest BCUT2D eigenvalue weighted by molar-refractivity contribution is 9.10. The summed E-state index contributed by atoms with van der Waals surface area (Å²) in [7, 11) is 0. The minimum Gasteiger partial charge on any atom is -0.429 e. The van der Waals surface area contributed by atoms with Gasteiger partial charge >= 0.3 is 5.69 Å². The minimum absolute atomic E-state index is 0.105. The van der Waals surface area contributed by atoms with Crippen molar-refractivity contribution in [2.24, 2.45) is 0 Å². The maximum absolute atomic E-state index is 13.5. The van der Waals surface area contributed by atoms with Crippen LogP contribution in [0.2, 0.25) is 5.28 Å². The van der Waals surface area contributed by atoms with E-state index in [0.717, 1.165) is 6.20 Å². The standard InChI is InChI=1S/C11H6BrClFN3O3/c1-5-2-6(12)3-8(17(18)19)9(5)20-10-7(14)4-15-11(13)16-10/h2-4H,1H3. The zero-order chi connectivity index (χ0) is 14.9. The van der Waals surface area contributed by atoms with Gasteiger partial charge in [-0.3, -0.25) is 10.1 Å². The molecule has 0 atom stereocenters. The van der Waals surface area contributed by atoms with E-state index in [1.807, 2.05) is 0 Å². The fourth-order valence-electron chi connectivity index (χ4n) is 1.48. The van der Waals surface area contributed by atoms with Gasteiger partial charge in [0.1, 0.15) is 0 Å². The predicted octanol–water partition coefficient (Wildman–Crippen LogP) is 4.04. The molecule has 0 fully saturated rings. The minimum atomic E-state index is -0.869. The van der Waals surface area contributed by atoms with Crippen molar-refractivity contribution in [3.05, 3.63) is 49.6 Å². The molecule has 9 heteroatoms. The Morgan fingerprint density at radius 3 is 2.85 bits per heavy atom. The van der Waals surface area contributed by atoms with Crippen LogP contribution in [0, 0.1) is 22.9 Å². The molecule has 104 valence electrons. The monoisotopic (exact) mass is 361 g/mol. The number of halogens is 3. The maximum Gasteiger partial charge on any atom is 0.313 e. The molecule has 6 nitrogen and oxygen atoms in total. The molecule has 1 heterocycles. The highest BCUT2D eigenvalue weighted by Crippen LogP contribution is 2.37. The number of rotatable bonds is 3. The second-order valence-corrected chi connectivity index (χ2v) is 4.98. The van der Waals surface area contributed by atoms with Crippen LogP contribution in [0.5, 0.6) is 11.6 Å². The number of nitro benzene ring substituents is 1. The lowest BCUT2D eigenvalue weighted by molar-refractivity contribution is -0.385. The van der Waals surface area contributed by atoms with Gasteiger partial charge in [-0.05, 0) is 24.6 Å². The number of nitro groups is 1. The van der Waals surface area contributed by atoms with Crippen molar-refractivity contribution in [1.29, 1.82) is 0 Å². The summed E-state index contributed by atoms with van der Waals surface area (Å²) >= 11 is 8.69. The summed E-state index contributed by atoms with van der Waals surface area (Å²) in [4.78, 5) is 17.4. The SMILES string of the molecule is Cc1cc(Br)cc([N+](=O)[O-])c1Oc1nc(Cl)ncc1F. The Balaban J connectivity index is 2.53. The van der Waals surface area contributed by atoms with Gasteiger partial charge in [0.05, 0.1) is 11.1 Å². The molecule has 0 aliphatic carbocycles. The molecule has 0 unspecified atom stereocenters. The lowest BCUT2D eigenvalue weighted by Crippen LogP contribution is -1.99. The molecule has 0 spiro atoms. The van der Waals surface area contributed by atoms with Gasteiger partial charge in [0.2, 0.25) is 16.9 Å². The average molecular weight is 363 g/mol. The largest absolute Gasteiger partial charge is 0.429 e. The third-order valence-corrected chi connectivity index (χ3v) is 2.94. The summed E-state index contributed by atoms with van der Waals surface area (Å²) in [5.41, 5.74) is 0.131. The molecule has 0 amide bonds. The normalized spacial score (nSPS) is 10.4. The molecular weight excluding hydrogens is 356 g/mol. The van der Waals surface area contributed by atoms with Gasteiger partial charge in [-0.1, -0.05) is 15.9 Å². The topological polar surface area (TPSA) is 78.2 Å². The summed E-state index contributed by atoms with van der Waals surface area (Å²) in [6, 6.07) is 2.85. The summed E-state index contributed by atoms with van der Waals surface area (Å²) in [5.74, 6) is -1.45. The van der Waals surface area contributed by atoms with Crippen LogP contribution in [0.4, 0.5) is 10.1 Å². The second-order valence-electron chi connectivity index (χ2n) is 3.72. The van der Waals surface area contributed by atoms with E-state index in [1.165, 1.54) is 6.07 Å². The summed E-state index contributed by atoms with van der Waals surface area (Å²) < 4.78 is 19.2. The van der Waals surface area contributed by atoms with Crippen molar-refractivity contribution in [2.45, 2.75) is 6.92 Å². The van der Waals surface area contributed by atoms with E-state index in [2.05, 4.69) is 25.9 Å². The van der Waals surface area contributed by atoms with Crippen LogP contribution < -0.4 is 4.74 Å². The van der Waals surface area contributed by atoms with Crippen molar-refractivity contribution in [2.75, 3.05) is 0 Å².